The van der Waals surface area contributed by atoms with E-state index in [-0.39, 0.29) is 0 Å². The third-order valence-corrected chi connectivity index (χ3v) is 6.25. The quantitative estimate of drug-likeness (QED) is 0.676. The van der Waals surface area contributed by atoms with Crippen LogP contribution in [0.4, 0.5) is 0 Å². The molecule has 0 unspecified atom stereocenters. The second-order valence-corrected chi connectivity index (χ2v) is 8.88. The lowest BCUT2D eigenvalue weighted by atomic mass is 9.63. The Morgan fingerprint density at radius 3 is 2.42 bits per heavy atom. The van der Waals surface area contributed by atoms with E-state index >= 15 is 0 Å². The fraction of sp³-hybridized carbons (Fsp3) is 0.812. The minimum atomic E-state index is 0.322. The molecule has 0 aromatic carbocycles. The molecule has 1 saturated carbocycles. The van der Waals surface area contributed by atoms with E-state index in [9.17, 15) is 0 Å². The second-order valence-electron chi connectivity index (χ2n) is 7.30. The summed E-state index contributed by atoms with van der Waals surface area (Å²) in [5.74, 6) is 1.65. The average Bonchev–Trinajstić information content (AvgIpc) is 2.74. The van der Waals surface area contributed by atoms with E-state index < -0.39 is 0 Å². The molecule has 1 fully saturated rings. The van der Waals surface area contributed by atoms with Crippen molar-refractivity contribution < 1.29 is 0 Å². The fourth-order valence-corrected chi connectivity index (χ4v) is 4.64. The van der Waals surface area contributed by atoms with E-state index in [1.54, 1.807) is 0 Å². The highest BCUT2D eigenvalue weighted by Gasteiger charge is 2.38. The summed E-state index contributed by atoms with van der Waals surface area (Å²) < 4.78 is 0. The summed E-state index contributed by atoms with van der Waals surface area (Å²) in [5, 5.41) is 1.17. The van der Waals surface area contributed by atoms with Gasteiger partial charge in [-0.05, 0) is 55.8 Å². The molecule has 108 valence electrons. The standard InChI is InChI=1S/C16H26ClNS/c1-12-18-10-14(19-12)9-16(11-17)7-5-13(6-8-16)15(2,3)4/h10,13H,5-9,11H2,1-4H3. The van der Waals surface area contributed by atoms with Crippen LogP contribution in [-0.4, -0.2) is 10.9 Å². The molecule has 0 bridgehead atoms. The molecule has 1 aromatic rings. The maximum Gasteiger partial charge on any atom is 0.0896 e. The van der Waals surface area contributed by atoms with Gasteiger partial charge in [-0.15, -0.1) is 22.9 Å². The normalized spacial score (nSPS) is 28.6. The zero-order valence-electron chi connectivity index (χ0n) is 12.6. The third kappa shape index (κ3) is 3.72. The largest absolute Gasteiger partial charge is 0.250 e. The molecule has 1 aliphatic rings. The molecule has 1 nitrogen and oxygen atoms in total. The predicted octanol–water partition coefficient (Wildman–Crippen LogP) is 5.46. The number of aryl methyl sites for hydroxylation is 1. The molecule has 1 aromatic heterocycles. The van der Waals surface area contributed by atoms with Crippen LogP contribution in [0.3, 0.4) is 0 Å². The van der Waals surface area contributed by atoms with Gasteiger partial charge in [-0.1, -0.05) is 20.8 Å². The second kappa shape index (κ2) is 5.73. The summed E-state index contributed by atoms with van der Waals surface area (Å²) in [6.45, 7) is 9.20. The Morgan fingerprint density at radius 1 is 1.37 bits per heavy atom. The maximum absolute atomic E-state index is 6.34. The van der Waals surface area contributed by atoms with Crippen molar-refractivity contribution in [2.24, 2.45) is 16.7 Å². The molecular formula is C16H26ClNS. The Labute approximate surface area is 126 Å². The average molecular weight is 300 g/mol. The molecule has 1 heterocycles. The van der Waals surface area contributed by atoms with E-state index in [2.05, 4.69) is 32.7 Å². The smallest absolute Gasteiger partial charge is 0.0896 e. The van der Waals surface area contributed by atoms with E-state index in [0.29, 0.717) is 10.8 Å². The van der Waals surface area contributed by atoms with Gasteiger partial charge in [0, 0.05) is 17.0 Å². The summed E-state index contributed by atoms with van der Waals surface area (Å²) in [7, 11) is 0. The Bertz CT molecular complexity index is 411. The van der Waals surface area contributed by atoms with Gasteiger partial charge in [0.05, 0.1) is 5.01 Å². The van der Waals surface area contributed by atoms with Gasteiger partial charge in [-0.25, -0.2) is 4.98 Å². The van der Waals surface area contributed by atoms with Crippen LogP contribution in [-0.2, 0) is 6.42 Å². The van der Waals surface area contributed by atoms with Gasteiger partial charge in [0.1, 0.15) is 0 Å². The molecule has 2 rings (SSSR count). The van der Waals surface area contributed by atoms with Crippen molar-refractivity contribution in [3.63, 3.8) is 0 Å². The highest BCUT2D eigenvalue weighted by molar-refractivity contribution is 7.11. The lowest BCUT2D eigenvalue weighted by Gasteiger charge is -2.43. The van der Waals surface area contributed by atoms with Crippen molar-refractivity contribution in [2.75, 3.05) is 5.88 Å². The first-order valence-corrected chi connectivity index (χ1v) is 8.67. The Morgan fingerprint density at radius 2 is 2.00 bits per heavy atom. The van der Waals surface area contributed by atoms with Crippen molar-refractivity contribution in [3.05, 3.63) is 16.1 Å². The van der Waals surface area contributed by atoms with Crippen molar-refractivity contribution >= 4 is 22.9 Å². The minimum Gasteiger partial charge on any atom is -0.250 e. The highest BCUT2D eigenvalue weighted by Crippen LogP contribution is 2.47. The van der Waals surface area contributed by atoms with E-state index in [1.807, 2.05) is 17.5 Å². The van der Waals surface area contributed by atoms with E-state index in [4.69, 9.17) is 11.6 Å². The van der Waals surface area contributed by atoms with Crippen LogP contribution in [0.25, 0.3) is 0 Å². The first kappa shape index (κ1) is 15.3. The predicted molar refractivity (Wildman–Crippen MR) is 85.1 cm³/mol. The number of thiazole rings is 1. The minimum absolute atomic E-state index is 0.322. The summed E-state index contributed by atoms with van der Waals surface area (Å²) in [6.07, 6.45) is 8.37. The van der Waals surface area contributed by atoms with Gasteiger partial charge in [0.15, 0.2) is 0 Å². The summed E-state index contributed by atoms with van der Waals surface area (Å²) >= 11 is 8.17. The van der Waals surface area contributed by atoms with Crippen LogP contribution in [0.5, 0.6) is 0 Å². The van der Waals surface area contributed by atoms with Gasteiger partial charge in [0.25, 0.3) is 0 Å². The zero-order chi connectivity index (χ0) is 14.1. The monoisotopic (exact) mass is 299 g/mol. The van der Waals surface area contributed by atoms with Gasteiger partial charge in [-0.3, -0.25) is 0 Å². The number of hydrogen-bond donors (Lipinski definition) is 0. The molecule has 0 spiro atoms. The summed E-state index contributed by atoms with van der Waals surface area (Å²) in [5.41, 5.74) is 0.766. The molecular weight excluding hydrogens is 274 g/mol. The summed E-state index contributed by atoms with van der Waals surface area (Å²) in [6, 6.07) is 0. The third-order valence-electron chi connectivity index (χ3n) is 4.77. The lowest BCUT2D eigenvalue weighted by Crippen LogP contribution is -2.35. The Balaban J connectivity index is 2.02. The maximum atomic E-state index is 6.34. The zero-order valence-corrected chi connectivity index (χ0v) is 14.2. The Kier molecular flexibility index (Phi) is 4.62. The van der Waals surface area contributed by atoms with Gasteiger partial charge >= 0.3 is 0 Å². The van der Waals surface area contributed by atoms with Crippen LogP contribution in [0.1, 0.15) is 56.3 Å². The number of rotatable bonds is 3. The van der Waals surface area contributed by atoms with Crippen LogP contribution >= 0.6 is 22.9 Å². The first-order valence-electron chi connectivity index (χ1n) is 7.32. The molecule has 0 saturated heterocycles. The van der Waals surface area contributed by atoms with Crippen LogP contribution in [0.15, 0.2) is 6.20 Å². The number of nitrogens with zero attached hydrogens (tertiary/aromatic N) is 1. The molecule has 0 aliphatic heterocycles. The summed E-state index contributed by atoms with van der Waals surface area (Å²) in [4.78, 5) is 5.79. The molecule has 0 amide bonds. The highest BCUT2D eigenvalue weighted by atomic mass is 35.5. The van der Waals surface area contributed by atoms with Gasteiger partial charge in [0.2, 0.25) is 0 Å². The van der Waals surface area contributed by atoms with Crippen LogP contribution in [0.2, 0.25) is 0 Å². The molecule has 1 aliphatic carbocycles. The number of aromatic nitrogens is 1. The molecule has 19 heavy (non-hydrogen) atoms. The van der Waals surface area contributed by atoms with Crippen molar-refractivity contribution in [1.82, 2.24) is 4.98 Å². The van der Waals surface area contributed by atoms with E-state index in [0.717, 1.165) is 18.2 Å². The van der Waals surface area contributed by atoms with Crippen LogP contribution in [0, 0.1) is 23.7 Å². The van der Waals surface area contributed by atoms with Gasteiger partial charge < -0.3 is 0 Å². The number of halogens is 1. The Hall–Kier alpha value is -0.0800. The van der Waals surface area contributed by atoms with Crippen molar-refractivity contribution in [1.29, 1.82) is 0 Å². The lowest BCUT2D eigenvalue weighted by molar-refractivity contribution is 0.102. The van der Waals surface area contributed by atoms with Crippen LogP contribution < -0.4 is 0 Å². The SMILES string of the molecule is Cc1ncc(CC2(CCl)CCC(C(C)(C)C)CC2)s1. The fourth-order valence-electron chi connectivity index (χ4n) is 3.31. The molecule has 0 radical (unpaired) electrons. The number of alkyl halides is 1. The van der Waals surface area contributed by atoms with Crippen molar-refractivity contribution in [2.45, 2.75) is 59.8 Å². The van der Waals surface area contributed by atoms with E-state index in [1.165, 1.54) is 35.6 Å². The number of hydrogen-bond acceptors (Lipinski definition) is 2. The molecule has 0 atom stereocenters. The molecule has 3 heteroatoms. The van der Waals surface area contributed by atoms with Crippen molar-refractivity contribution in [3.8, 4) is 0 Å². The molecule has 0 N–H and O–H groups in total. The first-order chi connectivity index (χ1) is 8.85. The topological polar surface area (TPSA) is 12.9 Å². The van der Waals surface area contributed by atoms with Gasteiger partial charge in [-0.2, -0.15) is 0 Å².